The molecule has 0 amide bonds. The van der Waals surface area contributed by atoms with Gasteiger partial charge in [-0.1, -0.05) is 35.4 Å². The number of aromatic nitrogens is 1. The van der Waals surface area contributed by atoms with Gasteiger partial charge in [0.25, 0.3) is 0 Å². The highest BCUT2D eigenvalue weighted by atomic mass is 16.5. The average molecular weight is 408 g/mol. The number of benzene rings is 2. The molecule has 5 heteroatoms. The zero-order chi connectivity index (χ0) is 21.7. The van der Waals surface area contributed by atoms with Crippen LogP contribution in [0.4, 0.5) is 0 Å². The van der Waals surface area contributed by atoms with E-state index in [1.54, 1.807) is 0 Å². The van der Waals surface area contributed by atoms with E-state index in [0.29, 0.717) is 40.3 Å². The Morgan fingerprint density at radius 3 is 2.47 bits per heavy atom. The molecular weight excluding hydrogens is 378 g/mol. The molecule has 30 heavy (non-hydrogen) atoms. The predicted octanol–water partition coefficient (Wildman–Crippen LogP) is 5.94. The Balaban J connectivity index is 2.01. The molecule has 1 aliphatic heterocycles. The first-order valence-electron chi connectivity index (χ1n) is 10.2. The molecule has 158 valence electrons. The number of hydrogen-bond donors (Lipinski definition) is 0. The quantitative estimate of drug-likeness (QED) is 0.342. The van der Waals surface area contributed by atoms with E-state index in [1.165, 1.54) is 25.4 Å². The van der Waals surface area contributed by atoms with Gasteiger partial charge in [-0.3, -0.25) is 4.79 Å². The van der Waals surface area contributed by atoms with Crippen LogP contribution in [0.15, 0.2) is 56.8 Å². The first-order chi connectivity index (χ1) is 14.5. The Morgan fingerprint density at radius 1 is 1.03 bits per heavy atom. The molecule has 0 atom stereocenters. The number of hydrogen-bond acceptors (Lipinski definition) is 5. The molecule has 1 aromatic rings. The van der Waals surface area contributed by atoms with Crippen LogP contribution in [0.25, 0.3) is 22.6 Å². The number of methoxy groups -OCH3 is 2. The van der Waals surface area contributed by atoms with Crippen molar-refractivity contribution < 1.29 is 13.9 Å². The highest BCUT2D eigenvalue weighted by molar-refractivity contribution is 5.80. The molecule has 5 nitrogen and oxygen atoms in total. The molecule has 0 spiro atoms. The fourth-order valence-electron chi connectivity index (χ4n) is 3.53. The van der Waals surface area contributed by atoms with Gasteiger partial charge in [-0.2, -0.15) is 0 Å². The third-order valence-electron chi connectivity index (χ3n) is 5.09. The van der Waals surface area contributed by atoms with E-state index in [9.17, 15) is 4.79 Å². The molecule has 0 fully saturated rings. The molecule has 2 aliphatic rings. The van der Waals surface area contributed by atoms with Gasteiger partial charge in [-0.05, 0) is 58.6 Å². The first kappa shape index (κ1) is 21.6. The van der Waals surface area contributed by atoms with Gasteiger partial charge in [0, 0.05) is 5.56 Å². The van der Waals surface area contributed by atoms with Crippen LogP contribution in [-0.4, -0.2) is 19.2 Å². The average Bonchev–Trinajstić information content (AvgIpc) is 2.73. The second-order valence-electron chi connectivity index (χ2n) is 7.64. The minimum Gasteiger partial charge on any atom is -0.491 e. The summed E-state index contributed by atoms with van der Waals surface area (Å²) < 4.78 is 17.0. The van der Waals surface area contributed by atoms with Crippen molar-refractivity contribution in [1.82, 2.24) is 4.98 Å². The summed E-state index contributed by atoms with van der Waals surface area (Å²) in [5.41, 5.74) is 4.83. The van der Waals surface area contributed by atoms with Crippen molar-refractivity contribution in [2.75, 3.05) is 14.2 Å². The smallest absolute Gasteiger partial charge is 0.231 e. The molecule has 1 aliphatic carbocycles. The zero-order valence-electron chi connectivity index (χ0n) is 18.4. The van der Waals surface area contributed by atoms with Crippen molar-refractivity contribution in [2.45, 2.75) is 46.5 Å². The van der Waals surface area contributed by atoms with E-state index in [2.05, 4.69) is 32.9 Å². The molecule has 0 aromatic heterocycles. The van der Waals surface area contributed by atoms with E-state index in [1.807, 2.05) is 24.3 Å². The van der Waals surface area contributed by atoms with Crippen molar-refractivity contribution >= 4 is 11.1 Å². The number of rotatable bonds is 8. The predicted molar refractivity (Wildman–Crippen MR) is 121 cm³/mol. The maximum atomic E-state index is 13.1. The Morgan fingerprint density at radius 2 is 1.77 bits per heavy atom. The SMILES string of the molecule is COc1c2nc3ccccc3oc-2c(CC/C=C(\C)CCC=C(C)C)c(=O)c1OC. The second-order valence-corrected chi connectivity index (χ2v) is 7.64. The van der Waals surface area contributed by atoms with Crippen LogP contribution in [0.1, 0.15) is 45.6 Å². The molecule has 0 saturated carbocycles. The molecule has 0 radical (unpaired) electrons. The highest BCUT2D eigenvalue weighted by Crippen LogP contribution is 2.39. The largest absolute Gasteiger partial charge is 0.491 e. The van der Waals surface area contributed by atoms with E-state index >= 15 is 0 Å². The summed E-state index contributed by atoms with van der Waals surface area (Å²) in [5, 5.41) is 0. The lowest BCUT2D eigenvalue weighted by Gasteiger charge is -2.16. The van der Waals surface area contributed by atoms with Gasteiger partial charge >= 0.3 is 0 Å². The maximum absolute atomic E-state index is 13.1. The molecule has 0 unspecified atom stereocenters. The van der Waals surface area contributed by atoms with Gasteiger partial charge < -0.3 is 13.9 Å². The monoisotopic (exact) mass is 407 g/mol. The second kappa shape index (κ2) is 9.61. The first-order valence-corrected chi connectivity index (χ1v) is 10.2. The lowest BCUT2D eigenvalue weighted by molar-refractivity contribution is 0.350. The minimum absolute atomic E-state index is 0.169. The molecule has 0 saturated heterocycles. The Hall–Kier alpha value is -3.08. The van der Waals surface area contributed by atoms with E-state index in [4.69, 9.17) is 18.9 Å². The van der Waals surface area contributed by atoms with Gasteiger partial charge in [0.05, 0.1) is 14.2 Å². The molecule has 1 heterocycles. The molecule has 0 N–H and O–H groups in total. The fraction of sp³-hybridized carbons (Fsp3) is 0.360. The molecule has 0 bridgehead atoms. The van der Waals surface area contributed by atoms with Crippen LogP contribution in [-0.2, 0) is 6.42 Å². The number of ether oxygens (including phenoxy) is 2. The highest BCUT2D eigenvalue weighted by Gasteiger charge is 2.27. The summed E-state index contributed by atoms with van der Waals surface area (Å²) in [5.74, 6) is 0.943. The third kappa shape index (κ3) is 4.56. The van der Waals surface area contributed by atoms with Crippen LogP contribution in [0, 0.1) is 0 Å². The molecule has 3 rings (SSSR count). The number of fused-ring (bicyclic) bond motifs is 2. The van der Waals surface area contributed by atoms with Crippen LogP contribution >= 0.6 is 0 Å². The number of allylic oxidation sites excluding steroid dienone is 4. The van der Waals surface area contributed by atoms with Crippen LogP contribution < -0.4 is 14.9 Å². The zero-order valence-corrected chi connectivity index (χ0v) is 18.4. The van der Waals surface area contributed by atoms with Crippen molar-refractivity contribution in [3.05, 3.63) is 63.4 Å². The Kier molecular flexibility index (Phi) is 6.93. The van der Waals surface area contributed by atoms with Crippen LogP contribution in [0.5, 0.6) is 11.5 Å². The van der Waals surface area contributed by atoms with Crippen molar-refractivity contribution in [3.63, 3.8) is 0 Å². The number of nitrogens with zero attached hydrogens (tertiary/aromatic N) is 1. The van der Waals surface area contributed by atoms with Gasteiger partial charge in [0.15, 0.2) is 22.8 Å². The topological polar surface area (TPSA) is 61.6 Å². The summed E-state index contributed by atoms with van der Waals surface area (Å²) in [6, 6.07) is 7.50. The van der Waals surface area contributed by atoms with E-state index in [-0.39, 0.29) is 11.2 Å². The molecular formula is C25H29NO4. The molecule has 1 aromatic carbocycles. The van der Waals surface area contributed by atoms with E-state index in [0.717, 1.165) is 19.3 Å². The van der Waals surface area contributed by atoms with Gasteiger partial charge in [0.2, 0.25) is 11.2 Å². The van der Waals surface area contributed by atoms with Crippen molar-refractivity contribution in [3.8, 4) is 23.0 Å². The summed E-state index contributed by atoms with van der Waals surface area (Å²) in [4.78, 5) is 17.8. The summed E-state index contributed by atoms with van der Waals surface area (Å²) >= 11 is 0. The summed E-state index contributed by atoms with van der Waals surface area (Å²) in [7, 11) is 2.98. The standard InChI is InChI=1S/C25H29NO4/c1-16(2)10-8-11-17(3)12-9-13-18-22(27)25(29-5)24(28-4)21-23(18)30-20-15-7-6-14-19(20)26-21/h6-7,10,12,14-15H,8-9,11,13H2,1-5H3/b17-12+. The fourth-order valence-corrected chi connectivity index (χ4v) is 3.53. The Labute approximate surface area is 177 Å². The maximum Gasteiger partial charge on any atom is 0.231 e. The lowest BCUT2D eigenvalue weighted by Crippen LogP contribution is -2.16. The van der Waals surface area contributed by atoms with Gasteiger partial charge in [-0.15, -0.1) is 0 Å². The number of para-hydroxylation sites is 2. The summed E-state index contributed by atoms with van der Waals surface area (Å²) in [6.45, 7) is 6.35. The van der Waals surface area contributed by atoms with E-state index < -0.39 is 0 Å². The van der Waals surface area contributed by atoms with Crippen LogP contribution in [0.3, 0.4) is 0 Å². The summed E-state index contributed by atoms with van der Waals surface area (Å²) in [6.07, 6.45) is 7.75. The van der Waals surface area contributed by atoms with Crippen LogP contribution in [0.2, 0.25) is 0 Å². The lowest BCUT2D eigenvalue weighted by atomic mass is 10.0. The van der Waals surface area contributed by atoms with Crippen molar-refractivity contribution in [2.24, 2.45) is 0 Å². The Bertz CT molecular complexity index is 1120. The normalized spacial score (nSPS) is 11.7. The third-order valence-corrected chi connectivity index (χ3v) is 5.09. The minimum atomic E-state index is -0.210. The van der Waals surface area contributed by atoms with Crippen molar-refractivity contribution in [1.29, 1.82) is 0 Å². The van der Waals surface area contributed by atoms with Gasteiger partial charge in [0.1, 0.15) is 5.52 Å². The van der Waals surface area contributed by atoms with Gasteiger partial charge in [-0.25, -0.2) is 4.98 Å².